The van der Waals surface area contributed by atoms with Crippen LogP contribution in [0.5, 0.6) is 5.75 Å². The number of phenols is 1. The fourth-order valence-corrected chi connectivity index (χ4v) is 9.02. The normalized spacial score (nSPS) is 12.9. The molecule has 7 N–H and O–H groups in total. The zero-order valence-electron chi connectivity index (χ0n) is 28.7. The molecule has 0 radical (unpaired) electrons. The number of azo groups is 1. The van der Waals surface area contributed by atoms with Crippen molar-refractivity contribution in [3.63, 3.8) is 0 Å². The van der Waals surface area contributed by atoms with Crippen LogP contribution >= 0.6 is 0 Å². The van der Waals surface area contributed by atoms with Crippen LogP contribution in [0.3, 0.4) is 0 Å². The Balaban J connectivity index is 1.55. The third-order valence-electron chi connectivity index (χ3n) is 7.94. The van der Waals surface area contributed by atoms with Gasteiger partial charge in [-0.15, -0.1) is 10.2 Å². The molecule has 0 aliphatic rings. The van der Waals surface area contributed by atoms with Crippen LogP contribution in [-0.2, 0) is 50.3 Å². The Morgan fingerprint density at radius 2 is 1.29 bits per heavy atom. The van der Waals surface area contributed by atoms with E-state index in [1.54, 1.807) is 0 Å². The fourth-order valence-electron chi connectivity index (χ4n) is 5.53. The van der Waals surface area contributed by atoms with Crippen molar-refractivity contribution >= 4 is 107 Å². The number of aromatic hydroxyl groups is 1. The highest BCUT2D eigenvalue weighted by molar-refractivity contribution is 7.94. The smallest absolute Gasteiger partial charge is 0.315 e. The number of hydrogen-bond acceptors (Lipinski definition) is 18. The van der Waals surface area contributed by atoms with Crippen LogP contribution in [0.25, 0.3) is 21.5 Å². The minimum Gasteiger partial charge on any atom is -0.505 e. The first kappa shape index (κ1) is 42.5. The first-order valence-electron chi connectivity index (χ1n) is 15.4. The van der Waals surface area contributed by atoms with E-state index >= 15 is 0 Å². The van der Waals surface area contributed by atoms with E-state index in [-0.39, 0.29) is 10.6 Å². The van der Waals surface area contributed by atoms with Crippen molar-refractivity contribution in [3.05, 3.63) is 90.9 Å². The zero-order chi connectivity index (χ0) is 43.5. The highest BCUT2D eigenvalue weighted by Crippen LogP contribution is 2.46. The highest BCUT2D eigenvalue weighted by atomic mass is 32.2. The van der Waals surface area contributed by atoms with Crippen molar-refractivity contribution in [2.75, 3.05) is 10.6 Å². The Hall–Kier alpha value is -6.11. The highest BCUT2D eigenvalue weighted by Gasteiger charge is 2.28. The number of sulfone groups is 1. The molecule has 0 fully saturated rings. The summed E-state index contributed by atoms with van der Waals surface area (Å²) in [5.41, 5.74) is -2.56. The Morgan fingerprint density at radius 3 is 1.90 bits per heavy atom. The molecule has 1 heterocycles. The van der Waals surface area contributed by atoms with Gasteiger partial charge in [-0.3, -0.25) is 18.2 Å². The van der Waals surface area contributed by atoms with Crippen molar-refractivity contribution in [2.24, 2.45) is 10.2 Å². The number of nitrogens with zero attached hydrogens (tertiary/aromatic N) is 5. The molecule has 0 aliphatic carbocycles. The molecule has 28 heteroatoms. The first-order chi connectivity index (χ1) is 27.3. The molecule has 59 heavy (non-hydrogen) atoms. The second-order valence-electron chi connectivity index (χ2n) is 11.7. The van der Waals surface area contributed by atoms with Gasteiger partial charge in [0.1, 0.15) is 26.1 Å². The second-order valence-corrected chi connectivity index (χ2v) is 19.2. The van der Waals surface area contributed by atoms with E-state index in [1.807, 2.05) is 0 Å². The van der Waals surface area contributed by atoms with Gasteiger partial charge in [0.25, 0.3) is 40.5 Å². The van der Waals surface area contributed by atoms with E-state index < -0.39 is 132 Å². The molecule has 0 saturated heterocycles. The van der Waals surface area contributed by atoms with Crippen molar-refractivity contribution in [1.29, 1.82) is 0 Å². The van der Waals surface area contributed by atoms with Crippen LogP contribution in [0.15, 0.2) is 119 Å². The molecule has 0 aliphatic heterocycles. The van der Waals surface area contributed by atoms with E-state index in [2.05, 4.69) is 42.4 Å². The summed E-state index contributed by atoms with van der Waals surface area (Å²) in [6.45, 7) is 3.23. The Labute approximate surface area is 331 Å². The molecule has 1 aromatic heterocycles. The average molecular weight is 912 g/mol. The van der Waals surface area contributed by atoms with Gasteiger partial charge in [0.05, 0.1) is 15.5 Å². The average Bonchev–Trinajstić information content (AvgIpc) is 3.11. The summed E-state index contributed by atoms with van der Waals surface area (Å²) in [6, 6.07) is 11.6. The number of rotatable bonds is 12. The standard InChI is InChI=1S/C31H22FN7O15S5/c1-2-55(41,42)17-6-3-5-16(13-17)33-30-35-29(32)36-31(37-30)34-22-14-18(56(43,44)45)11-15-12-24(58(49,50)51)26(27(40)25(15)22)39-38-21-10-9-19-20(28(21)59(52,53)54)7-4-8-23(19)57(46,47)48/h2-14,40H,1H2,(H,43,44,45)(H,46,47,48)(H,49,50,51)(H,52,53,54)(H2,33,34,35,36,37)/b39-38+. The summed E-state index contributed by atoms with van der Waals surface area (Å²) in [5, 5.41) is 22.3. The van der Waals surface area contributed by atoms with Gasteiger partial charge in [-0.05, 0) is 53.9 Å². The van der Waals surface area contributed by atoms with Crippen LogP contribution in [0.4, 0.5) is 39.0 Å². The monoisotopic (exact) mass is 911 g/mol. The maximum atomic E-state index is 14.8. The predicted octanol–water partition coefficient (Wildman–Crippen LogP) is 4.83. The number of phenolic OH excluding ortho intramolecular Hbond substituents is 1. The summed E-state index contributed by atoms with van der Waals surface area (Å²) in [6.07, 6.45) is -1.48. The molecule has 22 nitrogen and oxygen atoms in total. The lowest BCUT2D eigenvalue weighted by atomic mass is 10.1. The molecule has 0 amide bonds. The van der Waals surface area contributed by atoms with Gasteiger partial charge >= 0.3 is 6.08 Å². The number of benzene rings is 5. The maximum Gasteiger partial charge on any atom is 0.315 e. The molecular formula is C31H22FN7O15S5. The summed E-state index contributed by atoms with van der Waals surface area (Å²) in [4.78, 5) is 6.51. The summed E-state index contributed by atoms with van der Waals surface area (Å²) in [7, 11) is -24.8. The molecule has 0 bridgehead atoms. The third-order valence-corrected chi connectivity index (χ3v) is 12.8. The van der Waals surface area contributed by atoms with E-state index in [4.69, 9.17) is 0 Å². The topological polar surface area (TPSA) is 359 Å². The molecular weight excluding hydrogens is 890 g/mol. The molecule has 0 atom stereocenters. The van der Waals surface area contributed by atoms with E-state index in [0.29, 0.717) is 23.6 Å². The lowest BCUT2D eigenvalue weighted by Crippen LogP contribution is -2.08. The quantitative estimate of drug-likeness (QED) is 0.0638. The van der Waals surface area contributed by atoms with Gasteiger partial charge in [0.2, 0.25) is 11.9 Å². The first-order valence-corrected chi connectivity index (χ1v) is 22.7. The Bertz CT molecular complexity index is 3410. The Kier molecular flexibility index (Phi) is 10.7. The van der Waals surface area contributed by atoms with Gasteiger partial charge in [-0.2, -0.15) is 53.0 Å². The van der Waals surface area contributed by atoms with Crippen LogP contribution < -0.4 is 10.6 Å². The van der Waals surface area contributed by atoms with E-state index in [9.17, 15) is 69.8 Å². The van der Waals surface area contributed by atoms with E-state index in [0.717, 1.165) is 36.4 Å². The number of fused-ring (bicyclic) bond motifs is 2. The second kappa shape index (κ2) is 14.9. The summed E-state index contributed by atoms with van der Waals surface area (Å²) < 4.78 is 178. The third kappa shape index (κ3) is 8.84. The van der Waals surface area contributed by atoms with Crippen molar-refractivity contribution < 1.29 is 69.8 Å². The van der Waals surface area contributed by atoms with Gasteiger partial charge in [-0.1, -0.05) is 30.8 Å². The SMILES string of the molecule is C=CS(=O)(=O)c1cccc(Nc2nc(F)nc(Nc3cc(S(=O)(=O)O)cc4cc(S(=O)(=O)O)c(/N=N/c5ccc6c(S(=O)(=O)O)cccc6c5S(=O)(=O)O)c(O)c34)n2)c1. The van der Waals surface area contributed by atoms with Crippen molar-refractivity contribution in [2.45, 2.75) is 24.5 Å². The number of anilines is 4. The molecule has 6 aromatic rings. The van der Waals surface area contributed by atoms with Gasteiger partial charge in [0.15, 0.2) is 15.6 Å². The molecule has 0 saturated carbocycles. The van der Waals surface area contributed by atoms with Gasteiger partial charge in [0, 0.05) is 27.3 Å². The minimum atomic E-state index is -5.46. The zero-order valence-corrected chi connectivity index (χ0v) is 32.8. The van der Waals surface area contributed by atoms with Crippen molar-refractivity contribution in [1.82, 2.24) is 15.0 Å². The number of nitrogens with one attached hydrogen (secondary N) is 2. The molecule has 0 spiro atoms. The van der Waals surface area contributed by atoms with Crippen molar-refractivity contribution in [3.8, 4) is 5.75 Å². The van der Waals surface area contributed by atoms with Gasteiger partial charge in [-0.25, -0.2) is 8.42 Å². The van der Waals surface area contributed by atoms with E-state index in [1.165, 1.54) is 18.2 Å². The molecule has 0 unspecified atom stereocenters. The Morgan fingerprint density at radius 1 is 0.644 bits per heavy atom. The van der Waals surface area contributed by atoms with Crippen LogP contribution in [0.1, 0.15) is 0 Å². The van der Waals surface area contributed by atoms with Crippen LogP contribution in [0, 0.1) is 6.08 Å². The lowest BCUT2D eigenvalue weighted by Gasteiger charge is -2.15. The maximum absolute atomic E-state index is 14.8. The molecule has 6 rings (SSSR count). The number of halogens is 1. The summed E-state index contributed by atoms with van der Waals surface area (Å²) >= 11 is 0. The van der Waals surface area contributed by atoms with Crippen LogP contribution in [-0.4, -0.2) is 80.4 Å². The summed E-state index contributed by atoms with van der Waals surface area (Å²) in [5.74, 6) is -2.56. The number of aromatic nitrogens is 3. The fraction of sp³-hybridized carbons (Fsp3) is 0. The number of hydrogen-bond donors (Lipinski definition) is 7. The lowest BCUT2D eigenvalue weighted by molar-refractivity contribution is 0.472. The van der Waals surface area contributed by atoms with Gasteiger partial charge < -0.3 is 15.7 Å². The minimum absolute atomic E-state index is 0.0242. The predicted molar refractivity (Wildman–Crippen MR) is 203 cm³/mol. The molecule has 5 aromatic carbocycles. The largest absolute Gasteiger partial charge is 0.505 e. The van der Waals surface area contributed by atoms with Crippen LogP contribution in [0.2, 0.25) is 0 Å². The molecule has 308 valence electrons.